The maximum atomic E-state index is 10.7. The van der Waals surface area contributed by atoms with Crippen LogP contribution in [0.2, 0.25) is 0 Å². The van der Waals surface area contributed by atoms with Gasteiger partial charge in [-0.1, -0.05) is 0 Å². The van der Waals surface area contributed by atoms with E-state index in [1.807, 2.05) is 0 Å². The highest BCUT2D eigenvalue weighted by Crippen LogP contribution is 2.15. The lowest BCUT2D eigenvalue weighted by Crippen LogP contribution is -2.53. The molecule has 1 heterocycles. The first-order valence-electron chi connectivity index (χ1n) is 5.65. The Morgan fingerprint density at radius 1 is 1.20 bits per heavy atom. The molecule has 1 fully saturated rings. The summed E-state index contributed by atoms with van der Waals surface area (Å²) in [7, 11) is 0. The van der Waals surface area contributed by atoms with Crippen molar-refractivity contribution in [1.82, 2.24) is 9.80 Å². The summed E-state index contributed by atoms with van der Waals surface area (Å²) in [6.45, 7) is 11.8. The Hall–Kier alpha value is -0.610. The lowest BCUT2D eigenvalue weighted by atomic mass is 10.0. The first kappa shape index (κ1) is 12.5. The van der Waals surface area contributed by atoms with Crippen LogP contribution in [0, 0.1) is 0 Å². The van der Waals surface area contributed by atoms with Crippen LogP contribution in [0.3, 0.4) is 0 Å². The first-order valence-corrected chi connectivity index (χ1v) is 5.65. The molecule has 0 saturated carbocycles. The highest BCUT2D eigenvalue weighted by molar-refractivity contribution is 5.73. The molecule has 0 atom stereocenters. The van der Waals surface area contributed by atoms with E-state index in [2.05, 4.69) is 30.6 Å². The van der Waals surface area contributed by atoms with Crippen molar-refractivity contribution in [2.45, 2.75) is 32.7 Å². The van der Waals surface area contributed by atoms with E-state index in [0.717, 1.165) is 32.7 Å². The molecule has 1 aliphatic heterocycles. The molecule has 0 aliphatic carbocycles. The molecule has 1 aliphatic rings. The van der Waals surface area contributed by atoms with Gasteiger partial charge in [-0.25, -0.2) is 0 Å². The van der Waals surface area contributed by atoms with E-state index >= 15 is 0 Å². The van der Waals surface area contributed by atoms with Gasteiger partial charge in [0.25, 0.3) is 0 Å². The van der Waals surface area contributed by atoms with E-state index in [-0.39, 0.29) is 11.4 Å². The van der Waals surface area contributed by atoms with Crippen molar-refractivity contribution in [3.05, 3.63) is 0 Å². The molecule has 0 aromatic rings. The Morgan fingerprint density at radius 2 is 1.73 bits per heavy atom. The van der Waals surface area contributed by atoms with Crippen LogP contribution in [-0.2, 0) is 4.79 Å². The van der Waals surface area contributed by atoms with Gasteiger partial charge in [-0.15, -0.1) is 0 Å². The number of amides is 1. The van der Waals surface area contributed by atoms with Gasteiger partial charge in [0.15, 0.2) is 0 Å². The van der Waals surface area contributed by atoms with Crippen LogP contribution >= 0.6 is 0 Å². The van der Waals surface area contributed by atoms with Gasteiger partial charge in [0, 0.05) is 44.7 Å². The van der Waals surface area contributed by atoms with Crippen molar-refractivity contribution in [2.75, 3.05) is 32.7 Å². The molecule has 4 nitrogen and oxygen atoms in total. The molecule has 0 aromatic heterocycles. The molecule has 0 aromatic carbocycles. The maximum Gasteiger partial charge on any atom is 0.218 e. The molecule has 0 radical (unpaired) electrons. The standard InChI is InChI=1S/C11H23N3O/c1-11(2,3)14-8-6-13(7-9-14)5-4-10(12)15/h4-9H2,1-3H3,(H2,12,15). The van der Waals surface area contributed by atoms with Crippen molar-refractivity contribution in [3.63, 3.8) is 0 Å². The molecule has 88 valence electrons. The number of piperazine rings is 1. The van der Waals surface area contributed by atoms with Crippen molar-refractivity contribution >= 4 is 5.91 Å². The predicted molar refractivity (Wildman–Crippen MR) is 61.6 cm³/mol. The zero-order valence-electron chi connectivity index (χ0n) is 10.1. The second-order valence-electron chi connectivity index (χ2n) is 5.22. The summed E-state index contributed by atoms with van der Waals surface area (Å²) in [6.07, 6.45) is 0.482. The Bertz CT molecular complexity index is 214. The predicted octanol–water partition coefficient (Wildman–Crippen LogP) is 0.278. The van der Waals surface area contributed by atoms with Crippen LogP contribution in [-0.4, -0.2) is 54.0 Å². The quantitative estimate of drug-likeness (QED) is 0.732. The number of carbonyl (C=O) groups excluding carboxylic acids is 1. The molecule has 0 spiro atoms. The molecule has 1 saturated heterocycles. The molecular weight excluding hydrogens is 190 g/mol. The Morgan fingerprint density at radius 3 is 2.13 bits per heavy atom. The van der Waals surface area contributed by atoms with E-state index in [1.165, 1.54) is 0 Å². The van der Waals surface area contributed by atoms with Crippen molar-refractivity contribution in [2.24, 2.45) is 5.73 Å². The monoisotopic (exact) mass is 213 g/mol. The summed E-state index contributed by atoms with van der Waals surface area (Å²) < 4.78 is 0. The zero-order valence-corrected chi connectivity index (χ0v) is 10.1. The van der Waals surface area contributed by atoms with Crippen LogP contribution in [0.4, 0.5) is 0 Å². The van der Waals surface area contributed by atoms with Crippen LogP contribution < -0.4 is 5.73 Å². The van der Waals surface area contributed by atoms with Gasteiger partial charge in [0.05, 0.1) is 0 Å². The van der Waals surface area contributed by atoms with Crippen molar-refractivity contribution in [3.8, 4) is 0 Å². The highest BCUT2D eigenvalue weighted by atomic mass is 16.1. The van der Waals surface area contributed by atoms with Crippen LogP contribution in [0.1, 0.15) is 27.2 Å². The second-order valence-corrected chi connectivity index (χ2v) is 5.22. The van der Waals surface area contributed by atoms with Crippen LogP contribution in [0.25, 0.3) is 0 Å². The third-order valence-corrected chi connectivity index (χ3v) is 3.00. The Kier molecular flexibility index (Phi) is 4.11. The first-order chi connectivity index (χ1) is 6.89. The SMILES string of the molecule is CC(C)(C)N1CCN(CCC(N)=O)CC1. The van der Waals surface area contributed by atoms with E-state index in [1.54, 1.807) is 0 Å². The number of carbonyl (C=O) groups is 1. The summed E-state index contributed by atoms with van der Waals surface area (Å²) in [6, 6.07) is 0. The molecular formula is C11H23N3O. The number of hydrogen-bond acceptors (Lipinski definition) is 3. The zero-order chi connectivity index (χ0) is 11.5. The third-order valence-electron chi connectivity index (χ3n) is 3.00. The molecule has 0 unspecified atom stereocenters. The Labute approximate surface area is 92.4 Å². The molecule has 15 heavy (non-hydrogen) atoms. The van der Waals surface area contributed by atoms with E-state index in [9.17, 15) is 4.79 Å². The number of nitrogens with two attached hydrogens (primary N) is 1. The fourth-order valence-electron chi connectivity index (χ4n) is 1.91. The fourth-order valence-corrected chi connectivity index (χ4v) is 1.91. The molecule has 4 heteroatoms. The molecule has 2 N–H and O–H groups in total. The van der Waals surface area contributed by atoms with Gasteiger partial charge in [-0.05, 0) is 20.8 Å². The minimum Gasteiger partial charge on any atom is -0.370 e. The summed E-state index contributed by atoms with van der Waals surface area (Å²) in [4.78, 5) is 15.4. The smallest absolute Gasteiger partial charge is 0.218 e. The van der Waals surface area contributed by atoms with Gasteiger partial charge < -0.3 is 10.6 Å². The van der Waals surface area contributed by atoms with Gasteiger partial charge in [-0.2, -0.15) is 0 Å². The number of hydrogen-bond donors (Lipinski definition) is 1. The molecule has 0 bridgehead atoms. The summed E-state index contributed by atoms with van der Waals surface area (Å²) in [5.41, 5.74) is 5.39. The van der Waals surface area contributed by atoms with Crippen molar-refractivity contribution < 1.29 is 4.79 Å². The summed E-state index contributed by atoms with van der Waals surface area (Å²) in [5, 5.41) is 0. The number of nitrogens with zero attached hydrogens (tertiary/aromatic N) is 2. The topological polar surface area (TPSA) is 49.6 Å². The lowest BCUT2D eigenvalue weighted by molar-refractivity contribution is -0.118. The van der Waals surface area contributed by atoms with Crippen molar-refractivity contribution in [1.29, 1.82) is 0 Å². The highest BCUT2D eigenvalue weighted by Gasteiger charge is 2.25. The normalized spacial score (nSPS) is 20.5. The van der Waals surface area contributed by atoms with Gasteiger partial charge >= 0.3 is 0 Å². The fraction of sp³-hybridized carbons (Fsp3) is 0.909. The number of rotatable bonds is 3. The van der Waals surface area contributed by atoms with E-state index < -0.39 is 0 Å². The lowest BCUT2D eigenvalue weighted by Gasteiger charge is -2.42. The van der Waals surface area contributed by atoms with Gasteiger partial charge in [0.2, 0.25) is 5.91 Å². The van der Waals surface area contributed by atoms with E-state index in [0.29, 0.717) is 6.42 Å². The minimum atomic E-state index is -0.201. The summed E-state index contributed by atoms with van der Waals surface area (Å²) >= 11 is 0. The molecule has 1 rings (SSSR count). The van der Waals surface area contributed by atoms with Gasteiger partial charge in [0.1, 0.15) is 0 Å². The van der Waals surface area contributed by atoms with Crippen LogP contribution in [0.5, 0.6) is 0 Å². The maximum absolute atomic E-state index is 10.7. The largest absolute Gasteiger partial charge is 0.370 e. The Balaban J connectivity index is 2.27. The minimum absolute atomic E-state index is 0.201. The van der Waals surface area contributed by atoms with E-state index in [4.69, 9.17) is 5.73 Å². The molecule has 1 amide bonds. The third kappa shape index (κ3) is 4.18. The van der Waals surface area contributed by atoms with Crippen LogP contribution in [0.15, 0.2) is 0 Å². The average molecular weight is 213 g/mol. The number of primary amides is 1. The van der Waals surface area contributed by atoms with Gasteiger partial charge in [-0.3, -0.25) is 9.69 Å². The summed E-state index contributed by atoms with van der Waals surface area (Å²) in [5.74, 6) is -0.201. The average Bonchev–Trinajstić information content (AvgIpc) is 2.14. The second kappa shape index (κ2) is 4.94.